The van der Waals surface area contributed by atoms with Gasteiger partial charge in [-0.2, -0.15) is 0 Å². The van der Waals surface area contributed by atoms with Crippen LogP contribution in [0.1, 0.15) is 57.2 Å². The molecule has 1 amide bonds. The van der Waals surface area contributed by atoms with Crippen molar-refractivity contribution in [2.24, 2.45) is 5.92 Å². The normalized spacial score (nSPS) is 17.6. The van der Waals surface area contributed by atoms with E-state index in [4.69, 9.17) is 4.74 Å². The molecule has 3 unspecified atom stereocenters. The Hall–Kier alpha value is -3.64. The highest BCUT2D eigenvalue weighted by Gasteiger charge is 2.38. The second-order valence-corrected chi connectivity index (χ2v) is 8.81. The summed E-state index contributed by atoms with van der Waals surface area (Å²) in [5, 5.41) is 22.8. The number of carboxylic acids is 1. The number of ether oxygens (including phenoxy) is 1. The molecule has 6 heteroatoms. The number of aliphatic hydroxyl groups is 1. The number of nitrogens with one attached hydrogen (secondary N) is 1. The molecule has 3 aromatic rings. The molecule has 0 aromatic heterocycles. The molecule has 0 heterocycles. The second-order valence-electron chi connectivity index (χ2n) is 8.81. The Morgan fingerprint density at radius 1 is 1.09 bits per heavy atom. The largest absolute Gasteiger partial charge is 0.493 e. The first-order chi connectivity index (χ1) is 16.3. The van der Waals surface area contributed by atoms with Crippen molar-refractivity contribution in [1.82, 2.24) is 5.32 Å². The van der Waals surface area contributed by atoms with E-state index < -0.39 is 24.0 Å². The summed E-state index contributed by atoms with van der Waals surface area (Å²) < 4.78 is 5.98. The van der Waals surface area contributed by atoms with Crippen molar-refractivity contribution in [3.63, 3.8) is 0 Å². The van der Waals surface area contributed by atoms with E-state index in [1.165, 1.54) is 5.56 Å². The van der Waals surface area contributed by atoms with Crippen molar-refractivity contribution in [2.75, 3.05) is 6.61 Å². The van der Waals surface area contributed by atoms with Gasteiger partial charge in [0.15, 0.2) is 0 Å². The monoisotopic (exact) mass is 459 g/mol. The van der Waals surface area contributed by atoms with Crippen LogP contribution >= 0.6 is 0 Å². The number of benzene rings is 3. The lowest BCUT2D eigenvalue weighted by Crippen LogP contribution is -2.34. The zero-order valence-corrected chi connectivity index (χ0v) is 19.3. The fourth-order valence-corrected chi connectivity index (χ4v) is 4.52. The number of carboxylic acid groups (broad SMARTS) is 1. The molecule has 4 rings (SSSR count). The van der Waals surface area contributed by atoms with Gasteiger partial charge in [0, 0.05) is 17.5 Å². The Kier molecular flexibility index (Phi) is 6.98. The summed E-state index contributed by atoms with van der Waals surface area (Å²) in [7, 11) is 0. The number of hydrogen-bond acceptors (Lipinski definition) is 4. The van der Waals surface area contributed by atoms with Crippen LogP contribution in [0, 0.1) is 12.8 Å². The van der Waals surface area contributed by atoms with E-state index in [0.717, 1.165) is 16.7 Å². The number of aliphatic hydroxyl groups excluding tert-OH is 1. The molecular weight excluding hydrogens is 430 g/mol. The topological polar surface area (TPSA) is 95.9 Å². The number of fused-ring (bicyclic) bond motifs is 1. The van der Waals surface area contributed by atoms with Gasteiger partial charge in [0.1, 0.15) is 5.75 Å². The van der Waals surface area contributed by atoms with Gasteiger partial charge in [0.05, 0.1) is 24.7 Å². The third-order valence-corrected chi connectivity index (χ3v) is 6.29. The fourth-order valence-electron chi connectivity index (χ4n) is 4.52. The van der Waals surface area contributed by atoms with E-state index in [2.05, 4.69) is 11.4 Å². The van der Waals surface area contributed by atoms with Gasteiger partial charge in [0.25, 0.3) is 5.91 Å². The van der Waals surface area contributed by atoms with Gasteiger partial charge in [0.2, 0.25) is 0 Å². The van der Waals surface area contributed by atoms with Crippen LogP contribution in [0.4, 0.5) is 0 Å². The first-order valence-electron chi connectivity index (χ1n) is 11.5. The SMILES string of the molecule is Cc1cccc(CCOc2cc(C(=O)NC3c4ccccc4CC3C(=O)O)ccc2C(C)O)c1. The molecule has 1 aliphatic carbocycles. The van der Waals surface area contributed by atoms with Crippen LogP contribution in [0.25, 0.3) is 0 Å². The molecule has 176 valence electrons. The highest BCUT2D eigenvalue weighted by Crippen LogP contribution is 2.36. The predicted octanol–water partition coefficient (Wildman–Crippen LogP) is 4.40. The van der Waals surface area contributed by atoms with Gasteiger partial charge < -0.3 is 20.3 Å². The number of rotatable bonds is 8. The maximum absolute atomic E-state index is 13.1. The van der Waals surface area contributed by atoms with E-state index in [1.807, 2.05) is 49.4 Å². The summed E-state index contributed by atoms with van der Waals surface area (Å²) in [6.07, 6.45) is 0.311. The first-order valence-corrected chi connectivity index (χ1v) is 11.5. The molecule has 6 nitrogen and oxygen atoms in total. The third kappa shape index (κ3) is 5.13. The lowest BCUT2D eigenvalue weighted by atomic mass is 9.99. The smallest absolute Gasteiger partial charge is 0.309 e. The van der Waals surface area contributed by atoms with E-state index >= 15 is 0 Å². The van der Waals surface area contributed by atoms with Crippen molar-refractivity contribution in [1.29, 1.82) is 0 Å². The molecule has 3 atom stereocenters. The Bertz CT molecular complexity index is 1200. The van der Waals surface area contributed by atoms with E-state index in [-0.39, 0.29) is 5.91 Å². The summed E-state index contributed by atoms with van der Waals surface area (Å²) in [5.41, 5.74) is 5.03. The van der Waals surface area contributed by atoms with Crippen LogP contribution in [-0.2, 0) is 17.6 Å². The van der Waals surface area contributed by atoms with Crippen LogP contribution in [0.5, 0.6) is 5.75 Å². The maximum Gasteiger partial charge on any atom is 0.309 e. The molecule has 0 spiro atoms. The van der Waals surface area contributed by atoms with Crippen LogP contribution < -0.4 is 10.1 Å². The second kappa shape index (κ2) is 10.1. The van der Waals surface area contributed by atoms with Crippen molar-refractivity contribution >= 4 is 11.9 Å². The number of hydrogen-bond donors (Lipinski definition) is 3. The molecule has 0 radical (unpaired) electrons. The Labute approximate surface area is 199 Å². The van der Waals surface area contributed by atoms with Crippen LogP contribution in [0.3, 0.4) is 0 Å². The predicted molar refractivity (Wildman–Crippen MR) is 129 cm³/mol. The van der Waals surface area contributed by atoms with Crippen LogP contribution in [0.2, 0.25) is 0 Å². The summed E-state index contributed by atoms with van der Waals surface area (Å²) in [6, 6.07) is 20.0. The summed E-state index contributed by atoms with van der Waals surface area (Å²) in [5.74, 6) is -1.60. The Balaban J connectivity index is 1.52. The highest BCUT2D eigenvalue weighted by molar-refractivity contribution is 5.95. The van der Waals surface area contributed by atoms with Crippen molar-refractivity contribution < 1.29 is 24.5 Å². The van der Waals surface area contributed by atoms with Gasteiger partial charge >= 0.3 is 5.97 Å². The summed E-state index contributed by atoms with van der Waals surface area (Å²) in [6.45, 7) is 4.08. The zero-order valence-electron chi connectivity index (χ0n) is 19.3. The minimum absolute atomic E-state index is 0.350. The molecule has 0 saturated carbocycles. The van der Waals surface area contributed by atoms with Gasteiger partial charge in [-0.05, 0) is 49.1 Å². The molecule has 0 fully saturated rings. The molecule has 0 saturated heterocycles. The number of carbonyl (C=O) groups is 2. The van der Waals surface area contributed by atoms with Gasteiger partial charge in [-0.25, -0.2) is 0 Å². The van der Waals surface area contributed by atoms with Crippen molar-refractivity contribution in [2.45, 2.75) is 38.8 Å². The summed E-state index contributed by atoms with van der Waals surface area (Å²) in [4.78, 5) is 25.0. The number of aliphatic carboxylic acids is 1. The number of aryl methyl sites for hydroxylation is 1. The van der Waals surface area contributed by atoms with Crippen molar-refractivity contribution in [3.05, 3.63) is 100 Å². The lowest BCUT2D eigenvalue weighted by Gasteiger charge is -2.20. The van der Waals surface area contributed by atoms with E-state index in [0.29, 0.717) is 36.3 Å². The average Bonchev–Trinajstić information content (AvgIpc) is 3.17. The van der Waals surface area contributed by atoms with Crippen molar-refractivity contribution in [3.8, 4) is 5.75 Å². The molecule has 0 aliphatic heterocycles. The third-order valence-electron chi connectivity index (χ3n) is 6.29. The number of amides is 1. The highest BCUT2D eigenvalue weighted by atomic mass is 16.5. The molecular formula is C28H29NO5. The van der Waals surface area contributed by atoms with Crippen LogP contribution in [0.15, 0.2) is 66.7 Å². The quantitative estimate of drug-likeness (QED) is 0.464. The van der Waals surface area contributed by atoms with Gasteiger partial charge in [-0.15, -0.1) is 0 Å². The molecule has 1 aliphatic rings. The Morgan fingerprint density at radius 3 is 2.62 bits per heavy atom. The van der Waals surface area contributed by atoms with Gasteiger partial charge in [-0.1, -0.05) is 60.2 Å². The number of carbonyl (C=O) groups excluding carboxylic acids is 1. The van der Waals surface area contributed by atoms with Crippen LogP contribution in [-0.4, -0.2) is 28.7 Å². The first kappa shape index (κ1) is 23.5. The summed E-state index contributed by atoms with van der Waals surface area (Å²) >= 11 is 0. The average molecular weight is 460 g/mol. The minimum atomic E-state index is -0.939. The Morgan fingerprint density at radius 2 is 1.88 bits per heavy atom. The standard InChI is InChI=1S/C28H29NO5/c1-17-6-5-7-19(14-17)12-13-34-25-16-21(10-11-22(25)18(2)30)27(31)29-26-23-9-4-3-8-20(23)15-24(26)28(32)33/h3-11,14,16,18,24,26,30H,12-13,15H2,1-2H3,(H,29,31)(H,32,33). The molecule has 3 N–H and O–H groups in total. The van der Waals surface area contributed by atoms with E-state index in [1.54, 1.807) is 25.1 Å². The van der Waals surface area contributed by atoms with E-state index in [9.17, 15) is 19.8 Å². The maximum atomic E-state index is 13.1. The lowest BCUT2D eigenvalue weighted by molar-refractivity contribution is -0.142. The molecule has 0 bridgehead atoms. The molecule has 3 aromatic carbocycles. The fraction of sp³-hybridized carbons (Fsp3) is 0.286. The molecule has 34 heavy (non-hydrogen) atoms. The van der Waals surface area contributed by atoms with Gasteiger partial charge in [-0.3, -0.25) is 9.59 Å². The zero-order chi connectivity index (χ0) is 24.2. The minimum Gasteiger partial charge on any atom is -0.493 e.